The second-order valence-electron chi connectivity index (χ2n) is 5.72. The first-order valence-corrected chi connectivity index (χ1v) is 9.18. The van der Waals surface area contributed by atoms with E-state index in [4.69, 9.17) is 52.3 Å². The average Bonchev–Trinajstić information content (AvgIpc) is 2.63. The van der Waals surface area contributed by atoms with Crippen molar-refractivity contribution in [2.75, 3.05) is 0 Å². The monoisotopic (exact) mass is 436 g/mol. The molecule has 0 atom stereocenters. The van der Waals surface area contributed by atoms with Crippen molar-refractivity contribution in [1.82, 2.24) is 14.3 Å². The lowest BCUT2D eigenvalue weighted by Crippen LogP contribution is -2.30. The third-order valence-electron chi connectivity index (χ3n) is 4.00. The van der Waals surface area contributed by atoms with E-state index in [0.29, 0.717) is 42.9 Å². The lowest BCUT2D eigenvalue weighted by molar-refractivity contribution is 0.667. The minimum Gasteiger partial charge on any atom is -0.285 e. The molecular weight excluding hydrogens is 427 g/mol. The highest BCUT2D eigenvalue weighted by Gasteiger charge is 2.14. The van der Waals surface area contributed by atoms with Gasteiger partial charge in [-0.05, 0) is 35.4 Å². The first kappa shape index (κ1) is 19.6. The fourth-order valence-corrected chi connectivity index (χ4v) is 3.47. The third-order valence-corrected chi connectivity index (χ3v) is 5.41. The molecule has 3 aromatic rings. The fourth-order valence-electron chi connectivity index (χ4n) is 2.49. The number of hydrogen-bond donors (Lipinski definition) is 0. The molecule has 0 amide bonds. The Morgan fingerprint density at radius 3 is 2.41 bits per heavy atom. The van der Waals surface area contributed by atoms with Gasteiger partial charge in [-0.2, -0.15) is 15.0 Å². The SMILES string of the molecule is Cn1c(=S)cnn(-c2cc(Cl)c(Cc3ccc(C#N)cc3Cl)c(Cl)c2)c1=O. The summed E-state index contributed by atoms with van der Waals surface area (Å²) in [5, 5.41) is 14.2. The van der Waals surface area contributed by atoms with Crippen molar-refractivity contribution in [2.45, 2.75) is 6.42 Å². The second kappa shape index (κ2) is 7.83. The summed E-state index contributed by atoms with van der Waals surface area (Å²) in [7, 11) is 1.56. The van der Waals surface area contributed by atoms with Crippen LogP contribution >= 0.6 is 47.0 Å². The maximum atomic E-state index is 12.4. The van der Waals surface area contributed by atoms with Gasteiger partial charge in [-0.15, -0.1) is 0 Å². The topological polar surface area (TPSA) is 63.6 Å². The number of nitriles is 1. The predicted molar refractivity (Wildman–Crippen MR) is 109 cm³/mol. The molecule has 1 aromatic heterocycles. The van der Waals surface area contributed by atoms with Crippen LogP contribution in [0.4, 0.5) is 0 Å². The number of nitrogens with zero attached hydrogens (tertiary/aromatic N) is 4. The highest BCUT2D eigenvalue weighted by molar-refractivity contribution is 7.71. The van der Waals surface area contributed by atoms with E-state index in [2.05, 4.69) is 5.10 Å². The van der Waals surface area contributed by atoms with Crippen LogP contribution in [0.5, 0.6) is 0 Å². The summed E-state index contributed by atoms with van der Waals surface area (Å²) in [6.07, 6.45) is 1.78. The van der Waals surface area contributed by atoms with Crippen LogP contribution in [0, 0.1) is 16.0 Å². The van der Waals surface area contributed by atoms with Crippen LogP contribution < -0.4 is 5.69 Å². The van der Waals surface area contributed by atoms with Crippen LogP contribution in [-0.2, 0) is 13.5 Å². The van der Waals surface area contributed by atoms with Crippen LogP contribution in [0.2, 0.25) is 15.1 Å². The molecule has 0 saturated heterocycles. The summed E-state index contributed by atoms with van der Waals surface area (Å²) >= 11 is 24.1. The summed E-state index contributed by atoms with van der Waals surface area (Å²) in [6.45, 7) is 0. The van der Waals surface area contributed by atoms with E-state index in [1.165, 1.54) is 15.4 Å². The zero-order valence-corrected chi connectivity index (χ0v) is 17.0. The Balaban J connectivity index is 2.04. The maximum Gasteiger partial charge on any atom is 0.350 e. The Morgan fingerprint density at radius 2 is 1.81 bits per heavy atom. The number of halogens is 3. The standard InChI is InChI=1S/C18H11Cl3N4OS/c1-24-17(27)9-23-25(18(24)26)12-6-15(20)13(16(21)7-12)5-11-3-2-10(8-22)4-14(11)19/h2-4,6-7,9H,5H2,1H3. The van der Waals surface area contributed by atoms with Gasteiger partial charge in [0.1, 0.15) is 4.64 Å². The molecule has 0 aliphatic rings. The van der Waals surface area contributed by atoms with E-state index in [0.717, 1.165) is 5.56 Å². The minimum absolute atomic E-state index is 0.320. The summed E-state index contributed by atoms with van der Waals surface area (Å²) in [5.74, 6) is 0. The number of aromatic nitrogens is 3. The van der Waals surface area contributed by atoms with Gasteiger partial charge in [0.2, 0.25) is 0 Å². The van der Waals surface area contributed by atoms with Gasteiger partial charge in [0.15, 0.2) is 0 Å². The summed E-state index contributed by atoms with van der Waals surface area (Å²) in [5.41, 5.74) is 1.93. The lowest BCUT2D eigenvalue weighted by atomic mass is 10.0. The second-order valence-corrected chi connectivity index (χ2v) is 7.36. The largest absolute Gasteiger partial charge is 0.350 e. The molecule has 0 N–H and O–H groups in total. The molecule has 27 heavy (non-hydrogen) atoms. The fraction of sp³-hybridized carbons (Fsp3) is 0.111. The van der Waals surface area contributed by atoms with Gasteiger partial charge >= 0.3 is 5.69 Å². The third kappa shape index (κ3) is 3.92. The van der Waals surface area contributed by atoms with Crippen LogP contribution in [0.3, 0.4) is 0 Å². The van der Waals surface area contributed by atoms with E-state index in [9.17, 15) is 4.79 Å². The Morgan fingerprint density at radius 1 is 1.15 bits per heavy atom. The van der Waals surface area contributed by atoms with Crippen molar-refractivity contribution in [1.29, 1.82) is 5.26 Å². The molecule has 0 aliphatic carbocycles. The van der Waals surface area contributed by atoms with E-state index < -0.39 is 5.69 Å². The maximum absolute atomic E-state index is 12.4. The van der Waals surface area contributed by atoms with Crippen LogP contribution in [0.15, 0.2) is 41.3 Å². The zero-order valence-electron chi connectivity index (χ0n) is 13.9. The number of rotatable bonds is 3. The number of benzene rings is 2. The molecule has 0 radical (unpaired) electrons. The highest BCUT2D eigenvalue weighted by atomic mass is 35.5. The minimum atomic E-state index is -0.405. The molecule has 0 aliphatic heterocycles. The van der Waals surface area contributed by atoms with Crippen molar-refractivity contribution < 1.29 is 0 Å². The van der Waals surface area contributed by atoms with Gasteiger partial charge in [-0.1, -0.05) is 53.1 Å². The molecule has 9 heteroatoms. The highest BCUT2D eigenvalue weighted by Crippen LogP contribution is 2.31. The van der Waals surface area contributed by atoms with E-state index >= 15 is 0 Å². The zero-order chi connectivity index (χ0) is 19.7. The van der Waals surface area contributed by atoms with Crippen molar-refractivity contribution in [2.24, 2.45) is 7.05 Å². The molecule has 2 aromatic carbocycles. The Kier molecular flexibility index (Phi) is 5.68. The Bertz CT molecular complexity index is 1190. The molecule has 0 fully saturated rings. The van der Waals surface area contributed by atoms with Gasteiger partial charge in [0.05, 0.1) is 23.5 Å². The van der Waals surface area contributed by atoms with Gasteiger partial charge in [-0.25, -0.2) is 4.79 Å². The summed E-state index contributed by atoms with van der Waals surface area (Å²) in [6, 6.07) is 10.3. The van der Waals surface area contributed by atoms with Gasteiger partial charge in [0.25, 0.3) is 0 Å². The van der Waals surface area contributed by atoms with Crippen molar-refractivity contribution in [3.63, 3.8) is 0 Å². The first-order valence-electron chi connectivity index (χ1n) is 7.64. The molecular formula is C18H11Cl3N4OS. The molecule has 5 nitrogen and oxygen atoms in total. The van der Waals surface area contributed by atoms with Crippen LogP contribution in [0.1, 0.15) is 16.7 Å². The van der Waals surface area contributed by atoms with E-state index in [1.807, 2.05) is 6.07 Å². The molecule has 0 bridgehead atoms. The Hall–Kier alpha value is -2.17. The molecule has 136 valence electrons. The first-order chi connectivity index (χ1) is 12.8. The van der Waals surface area contributed by atoms with E-state index in [-0.39, 0.29) is 0 Å². The summed E-state index contributed by atoms with van der Waals surface area (Å²) in [4.78, 5) is 12.4. The molecule has 1 heterocycles. The molecule has 0 saturated carbocycles. The normalized spacial score (nSPS) is 10.6. The van der Waals surface area contributed by atoms with Gasteiger partial charge in [-0.3, -0.25) is 4.57 Å². The molecule has 0 spiro atoms. The van der Waals surface area contributed by atoms with Gasteiger partial charge in [0, 0.05) is 28.5 Å². The van der Waals surface area contributed by atoms with E-state index in [1.54, 1.807) is 37.4 Å². The van der Waals surface area contributed by atoms with Crippen molar-refractivity contribution in [3.8, 4) is 11.8 Å². The average molecular weight is 438 g/mol. The van der Waals surface area contributed by atoms with Crippen LogP contribution in [-0.4, -0.2) is 14.3 Å². The summed E-state index contributed by atoms with van der Waals surface area (Å²) < 4.78 is 2.79. The van der Waals surface area contributed by atoms with Crippen LogP contribution in [0.25, 0.3) is 5.69 Å². The molecule has 0 unspecified atom stereocenters. The Labute approximate surface area is 175 Å². The van der Waals surface area contributed by atoms with Gasteiger partial charge < -0.3 is 0 Å². The van der Waals surface area contributed by atoms with Crippen molar-refractivity contribution >= 4 is 47.0 Å². The number of hydrogen-bond acceptors (Lipinski definition) is 4. The molecule has 3 rings (SSSR count). The lowest BCUT2D eigenvalue weighted by Gasteiger charge is -2.12. The predicted octanol–water partition coefficient (Wildman–Crippen LogP) is 4.72. The smallest absolute Gasteiger partial charge is 0.285 e. The van der Waals surface area contributed by atoms with Crippen molar-refractivity contribution in [3.05, 3.63) is 83.4 Å². The quantitative estimate of drug-likeness (QED) is 0.556.